The first-order valence-electron chi connectivity index (χ1n) is 4.86. The molecular weight excluding hydrogens is 179 g/mol. The molecule has 74 valence electrons. The normalized spacial score (nSPS) is 24.8. The highest BCUT2D eigenvalue weighted by molar-refractivity contribution is 5.82. The van der Waals surface area contributed by atoms with Gasteiger partial charge in [-0.1, -0.05) is 12.1 Å². The molecule has 2 atom stereocenters. The summed E-state index contributed by atoms with van der Waals surface area (Å²) in [6, 6.07) is 5.10. The van der Waals surface area contributed by atoms with E-state index in [4.69, 9.17) is 0 Å². The molecule has 0 spiro atoms. The van der Waals surface area contributed by atoms with Gasteiger partial charge in [0, 0.05) is 5.92 Å². The summed E-state index contributed by atoms with van der Waals surface area (Å²) in [5.41, 5.74) is 1.70. The fourth-order valence-corrected chi connectivity index (χ4v) is 2.01. The number of rotatable bonds is 2. The fraction of sp³-hybridized carbons (Fsp3) is 0.417. The highest BCUT2D eigenvalue weighted by Gasteiger charge is 2.42. The lowest BCUT2D eigenvalue weighted by molar-refractivity contribution is -0.118. The minimum Gasteiger partial charge on any atom is -0.300 e. The Morgan fingerprint density at radius 2 is 2.21 bits per heavy atom. The zero-order chi connectivity index (χ0) is 10.3. The molecule has 0 aliphatic heterocycles. The first kappa shape index (κ1) is 9.38. The first-order chi connectivity index (χ1) is 6.61. The molecule has 0 N–H and O–H groups in total. The van der Waals surface area contributed by atoms with Gasteiger partial charge in [-0.3, -0.25) is 4.79 Å². The summed E-state index contributed by atoms with van der Waals surface area (Å²) in [4.78, 5) is 11.1. The molecule has 2 heteroatoms. The van der Waals surface area contributed by atoms with Crippen molar-refractivity contribution in [2.45, 2.75) is 26.2 Å². The number of Topliss-reactive ketones (excluding diaryl/α,β-unsaturated/α-hetero) is 1. The van der Waals surface area contributed by atoms with E-state index in [1.165, 1.54) is 6.07 Å². The van der Waals surface area contributed by atoms with Crippen LogP contribution in [0, 0.1) is 18.7 Å². The van der Waals surface area contributed by atoms with Crippen molar-refractivity contribution < 1.29 is 9.18 Å². The van der Waals surface area contributed by atoms with Crippen LogP contribution in [-0.4, -0.2) is 5.78 Å². The van der Waals surface area contributed by atoms with Crippen molar-refractivity contribution in [2.75, 3.05) is 0 Å². The summed E-state index contributed by atoms with van der Waals surface area (Å²) in [6.07, 6.45) is 0.889. The van der Waals surface area contributed by atoms with Crippen molar-refractivity contribution in [1.82, 2.24) is 0 Å². The third kappa shape index (κ3) is 1.45. The van der Waals surface area contributed by atoms with E-state index >= 15 is 0 Å². The molecule has 1 saturated carbocycles. The van der Waals surface area contributed by atoms with E-state index in [2.05, 4.69) is 0 Å². The second-order valence-corrected chi connectivity index (χ2v) is 4.01. The van der Waals surface area contributed by atoms with Gasteiger partial charge in [-0.25, -0.2) is 4.39 Å². The van der Waals surface area contributed by atoms with E-state index in [9.17, 15) is 9.18 Å². The van der Waals surface area contributed by atoms with E-state index in [-0.39, 0.29) is 23.4 Å². The lowest BCUT2D eigenvalue weighted by atomic mass is 10.0. The van der Waals surface area contributed by atoms with Gasteiger partial charge in [0.05, 0.1) is 0 Å². The average molecular weight is 192 g/mol. The number of hydrogen-bond acceptors (Lipinski definition) is 1. The highest BCUT2D eigenvalue weighted by Crippen LogP contribution is 2.49. The molecule has 0 saturated heterocycles. The number of carbonyl (C=O) groups is 1. The Balaban J connectivity index is 2.27. The maximum atomic E-state index is 13.2. The van der Waals surface area contributed by atoms with E-state index in [1.54, 1.807) is 19.9 Å². The summed E-state index contributed by atoms with van der Waals surface area (Å²) in [5.74, 6) is 0.453. The second kappa shape index (κ2) is 3.19. The molecule has 1 aromatic carbocycles. The SMILES string of the molecule is CC(=O)[C@@H]1C[C@H]1c1cccc(F)c1C. The summed E-state index contributed by atoms with van der Waals surface area (Å²) < 4.78 is 13.2. The standard InChI is InChI=1S/C12H13FO/c1-7-9(4-3-5-12(7)13)11-6-10(11)8(2)14/h3-5,10-11H,6H2,1-2H3/t10-,11-/m0/s1. The Kier molecular flexibility index (Phi) is 2.14. The number of ketones is 1. The Morgan fingerprint density at radius 1 is 1.50 bits per heavy atom. The minimum absolute atomic E-state index is 0.135. The van der Waals surface area contributed by atoms with Crippen LogP contribution < -0.4 is 0 Å². The lowest BCUT2D eigenvalue weighted by Gasteiger charge is -2.04. The van der Waals surface area contributed by atoms with Gasteiger partial charge in [-0.05, 0) is 43.4 Å². The maximum Gasteiger partial charge on any atom is 0.133 e. The van der Waals surface area contributed by atoms with Gasteiger partial charge in [0.25, 0.3) is 0 Å². The molecule has 0 bridgehead atoms. The van der Waals surface area contributed by atoms with Gasteiger partial charge in [-0.15, -0.1) is 0 Å². The predicted octanol–water partition coefficient (Wildman–Crippen LogP) is 2.83. The van der Waals surface area contributed by atoms with Crippen LogP contribution in [0.5, 0.6) is 0 Å². The van der Waals surface area contributed by atoms with Gasteiger partial charge in [0.2, 0.25) is 0 Å². The molecule has 1 aliphatic rings. The van der Waals surface area contributed by atoms with Crippen molar-refractivity contribution in [3.05, 3.63) is 35.1 Å². The molecule has 14 heavy (non-hydrogen) atoms. The van der Waals surface area contributed by atoms with E-state index in [0.29, 0.717) is 5.56 Å². The van der Waals surface area contributed by atoms with Crippen LogP contribution in [-0.2, 0) is 4.79 Å². The Bertz CT molecular complexity index is 384. The molecular formula is C12H13FO. The third-order valence-electron chi connectivity index (χ3n) is 3.02. The van der Waals surface area contributed by atoms with Crippen molar-refractivity contribution >= 4 is 5.78 Å². The molecule has 0 radical (unpaired) electrons. The Hall–Kier alpha value is -1.18. The summed E-state index contributed by atoms with van der Waals surface area (Å²) in [7, 11) is 0. The Morgan fingerprint density at radius 3 is 2.79 bits per heavy atom. The van der Waals surface area contributed by atoms with Gasteiger partial charge < -0.3 is 0 Å². The fourth-order valence-electron chi connectivity index (χ4n) is 2.01. The van der Waals surface area contributed by atoms with Gasteiger partial charge in [0.1, 0.15) is 11.6 Å². The van der Waals surface area contributed by atoms with Crippen LogP contribution in [0.1, 0.15) is 30.4 Å². The largest absolute Gasteiger partial charge is 0.300 e. The third-order valence-corrected chi connectivity index (χ3v) is 3.02. The maximum absolute atomic E-state index is 13.2. The number of carbonyl (C=O) groups excluding carboxylic acids is 1. The molecule has 1 aliphatic carbocycles. The van der Waals surface area contributed by atoms with Crippen LogP contribution in [0.2, 0.25) is 0 Å². The first-order valence-corrected chi connectivity index (χ1v) is 4.86. The number of hydrogen-bond donors (Lipinski definition) is 0. The number of benzene rings is 1. The predicted molar refractivity (Wildman–Crippen MR) is 52.7 cm³/mol. The monoisotopic (exact) mass is 192 g/mol. The highest BCUT2D eigenvalue weighted by atomic mass is 19.1. The molecule has 1 fully saturated rings. The van der Waals surface area contributed by atoms with Crippen molar-refractivity contribution in [3.63, 3.8) is 0 Å². The molecule has 1 nitrogen and oxygen atoms in total. The lowest BCUT2D eigenvalue weighted by Crippen LogP contribution is -1.97. The van der Waals surface area contributed by atoms with Crippen LogP contribution in [0.4, 0.5) is 4.39 Å². The van der Waals surface area contributed by atoms with Gasteiger partial charge >= 0.3 is 0 Å². The summed E-state index contributed by atoms with van der Waals surface area (Å²) >= 11 is 0. The summed E-state index contributed by atoms with van der Waals surface area (Å²) in [5, 5.41) is 0. The van der Waals surface area contributed by atoms with Crippen molar-refractivity contribution in [1.29, 1.82) is 0 Å². The van der Waals surface area contributed by atoms with Crippen molar-refractivity contribution in [2.24, 2.45) is 5.92 Å². The van der Waals surface area contributed by atoms with Gasteiger partial charge in [0.15, 0.2) is 0 Å². The van der Waals surface area contributed by atoms with E-state index in [0.717, 1.165) is 12.0 Å². The Labute approximate surface area is 82.9 Å². The van der Waals surface area contributed by atoms with Crippen LogP contribution in [0.15, 0.2) is 18.2 Å². The molecule has 0 amide bonds. The average Bonchev–Trinajstić information content (AvgIpc) is 2.89. The quantitative estimate of drug-likeness (QED) is 0.704. The smallest absolute Gasteiger partial charge is 0.133 e. The number of halogens is 1. The van der Waals surface area contributed by atoms with E-state index < -0.39 is 0 Å². The molecule has 0 aromatic heterocycles. The van der Waals surface area contributed by atoms with E-state index in [1.807, 2.05) is 6.07 Å². The topological polar surface area (TPSA) is 17.1 Å². The minimum atomic E-state index is -0.170. The second-order valence-electron chi connectivity index (χ2n) is 4.01. The van der Waals surface area contributed by atoms with Gasteiger partial charge in [-0.2, -0.15) is 0 Å². The van der Waals surface area contributed by atoms with Crippen molar-refractivity contribution in [3.8, 4) is 0 Å². The zero-order valence-corrected chi connectivity index (χ0v) is 8.38. The molecule has 2 rings (SSSR count). The molecule has 0 unspecified atom stereocenters. The van der Waals surface area contributed by atoms with Crippen LogP contribution >= 0.6 is 0 Å². The molecule has 1 aromatic rings. The summed E-state index contributed by atoms with van der Waals surface area (Å²) in [6.45, 7) is 3.39. The molecule has 0 heterocycles. The zero-order valence-electron chi connectivity index (χ0n) is 8.38. The van der Waals surface area contributed by atoms with Crippen LogP contribution in [0.25, 0.3) is 0 Å². The van der Waals surface area contributed by atoms with Crippen LogP contribution in [0.3, 0.4) is 0 Å².